The number of rotatable bonds is 3. The van der Waals surface area contributed by atoms with Crippen molar-refractivity contribution in [3.8, 4) is 0 Å². The van der Waals surface area contributed by atoms with Crippen LogP contribution < -0.4 is 0 Å². The van der Waals surface area contributed by atoms with E-state index in [4.69, 9.17) is 4.43 Å². The van der Waals surface area contributed by atoms with Crippen LogP contribution in [-0.2, 0) is 4.43 Å². The molecule has 0 heterocycles. The molecule has 0 aromatic heterocycles. The minimum Gasteiger partial charge on any atom is -0.546 e. The van der Waals surface area contributed by atoms with Crippen molar-refractivity contribution in [1.29, 1.82) is 0 Å². The predicted molar refractivity (Wildman–Crippen MR) is 86.5 cm³/mol. The molecule has 0 spiro atoms. The van der Waals surface area contributed by atoms with Gasteiger partial charge in [-0.3, -0.25) is 0 Å². The summed E-state index contributed by atoms with van der Waals surface area (Å²) in [5.41, 5.74) is 2.47. The highest BCUT2D eigenvalue weighted by molar-refractivity contribution is 6.58. The largest absolute Gasteiger partial charge is 0.546 e. The van der Waals surface area contributed by atoms with Crippen LogP contribution in [0.15, 0.2) is 30.5 Å². The van der Waals surface area contributed by atoms with Crippen molar-refractivity contribution in [1.82, 2.24) is 0 Å². The van der Waals surface area contributed by atoms with Gasteiger partial charge in [0.25, 0.3) is 9.04 Å². The number of aryl methyl sites for hydroxylation is 1. The van der Waals surface area contributed by atoms with Crippen molar-refractivity contribution in [2.75, 3.05) is 0 Å². The van der Waals surface area contributed by atoms with E-state index in [0.717, 1.165) is 0 Å². The highest BCUT2D eigenvalue weighted by Gasteiger charge is 2.40. The van der Waals surface area contributed by atoms with Gasteiger partial charge < -0.3 is 4.43 Å². The summed E-state index contributed by atoms with van der Waals surface area (Å²) in [6, 6.07) is 8.49. The third-order valence-corrected chi connectivity index (χ3v) is 5.98. The van der Waals surface area contributed by atoms with Crippen LogP contribution in [0, 0.1) is 6.92 Å². The Bertz CT molecular complexity index is 404. The molecular weight excluding hydrogens is 248 g/mol. The molecule has 1 nitrogen and oxygen atoms in total. The average Bonchev–Trinajstić information content (AvgIpc) is 2.23. The highest BCUT2D eigenvalue weighted by Crippen LogP contribution is 2.42. The van der Waals surface area contributed by atoms with Crippen LogP contribution in [0.1, 0.15) is 52.7 Å². The van der Waals surface area contributed by atoms with Gasteiger partial charge in [0, 0.05) is 0 Å². The monoisotopic (exact) mass is 275 g/mol. The maximum absolute atomic E-state index is 6.13. The number of hydrogen-bond donors (Lipinski definition) is 0. The molecule has 0 N–H and O–H groups in total. The molecule has 0 unspecified atom stereocenters. The minimum absolute atomic E-state index is 0.223. The Balaban J connectivity index is 2.74. The Morgan fingerprint density at radius 3 is 1.79 bits per heavy atom. The average molecular weight is 275 g/mol. The molecule has 0 aliphatic carbocycles. The molecular formula is C17H27OSi. The van der Waals surface area contributed by atoms with Gasteiger partial charge in [-0.25, -0.2) is 0 Å². The maximum atomic E-state index is 6.13. The standard InChI is InChI=1S/C17H27OSi/c1-14-8-10-15(11-9-14)12-13-18-19(16(2,3)4)17(5,6)7/h8-13H,1-7H3. The number of hydrogen-bond acceptors (Lipinski definition) is 1. The lowest BCUT2D eigenvalue weighted by atomic mass is 10.1. The van der Waals surface area contributed by atoms with E-state index < -0.39 is 9.04 Å². The zero-order valence-electron chi connectivity index (χ0n) is 13.4. The Labute approximate surface area is 120 Å². The van der Waals surface area contributed by atoms with Crippen molar-refractivity contribution < 1.29 is 4.43 Å². The van der Waals surface area contributed by atoms with Gasteiger partial charge >= 0.3 is 0 Å². The SMILES string of the molecule is Cc1ccc(C=CO[Si](C(C)(C)C)C(C)(C)C)cc1. The van der Waals surface area contributed by atoms with Crippen LogP contribution in [0.4, 0.5) is 0 Å². The Kier molecular flexibility index (Phi) is 5.02. The van der Waals surface area contributed by atoms with Gasteiger partial charge in [0.15, 0.2) is 0 Å². The first-order valence-electron chi connectivity index (χ1n) is 6.88. The molecule has 0 atom stereocenters. The topological polar surface area (TPSA) is 9.23 Å². The van der Waals surface area contributed by atoms with Gasteiger partial charge in [0.1, 0.15) is 0 Å². The molecule has 105 valence electrons. The minimum atomic E-state index is -0.940. The van der Waals surface area contributed by atoms with Crippen molar-refractivity contribution in [2.45, 2.75) is 58.5 Å². The maximum Gasteiger partial charge on any atom is 0.291 e. The van der Waals surface area contributed by atoms with Gasteiger partial charge in [0.05, 0.1) is 6.26 Å². The molecule has 0 bridgehead atoms. The molecule has 0 saturated heterocycles. The van der Waals surface area contributed by atoms with E-state index in [9.17, 15) is 0 Å². The predicted octanol–water partition coefficient (Wildman–Crippen LogP) is 5.57. The van der Waals surface area contributed by atoms with E-state index in [1.807, 2.05) is 6.26 Å². The van der Waals surface area contributed by atoms with Crippen molar-refractivity contribution in [3.63, 3.8) is 0 Å². The second-order valence-corrected chi connectivity index (χ2v) is 11.1. The molecule has 0 saturated carbocycles. The zero-order valence-corrected chi connectivity index (χ0v) is 14.4. The molecule has 1 rings (SSSR count). The second-order valence-electron chi connectivity index (χ2n) is 7.16. The zero-order chi connectivity index (χ0) is 14.7. The smallest absolute Gasteiger partial charge is 0.291 e. The third-order valence-electron chi connectivity index (χ3n) is 2.89. The summed E-state index contributed by atoms with van der Waals surface area (Å²) in [6.07, 6.45) is 3.94. The lowest BCUT2D eigenvalue weighted by Crippen LogP contribution is -2.36. The van der Waals surface area contributed by atoms with E-state index >= 15 is 0 Å². The van der Waals surface area contributed by atoms with Crippen molar-refractivity contribution >= 4 is 15.1 Å². The fourth-order valence-electron chi connectivity index (χ4n) is 2.34. The van der Waals surface area contributed by atoms with Crippen LogP contribution in [0.3, 0.4) is 0 Å². The molecule has 1 aromatic carbocycles. The van der Waals surface area contributed by atoms with Crippen LogP contribution in [0.5, 0.6) is 0 Å². The van der Waals surface area contributed by atoms with Crippen molar-refractivity contribution in [3.05, 3.63) is 41.7 Å². The van der Waals surface area contributed by atoms with E-state index in [1.54, 1.807) is 0 Å². The first kappa shape index (κ1) is 16.0. The van der Waals surface area contributed by atoms with Crippen molar-refractivity contribution in [2.24, 2.45) is 0 Å². The summed E-state index contributed by atoms with van der Waals surface area (Å²) in [4.78, 5) is 0. The summed E-state index contributed by atoms with van der Waals surface area (Å²) in [5.74, 6) is 0. The Morgan fingerprint density at radius 2 is 1.37 bits per heavy atom. The molecule has 0 amide bonds. The van der Waals surface area contributed by atoms with Crippen LogP contribution in [-0.4, -0.2) is 9.04 Å². The summed E-state index contributed by atoms with van der Waals surface area (Å²) < 4.78 is 6.13. The van der Waals surface area contributed by atoms with Crippen LogP contribution in [0.2, 0.25) is 10.1 Å². The molecule has 2 heteroatoms. The van der Waals surface area contributed by atoms with Gasteiger partial charge in [-0.05, 0) is 28.6 Å². The third kappa shape index (κ3) is 5.23. The first-order valence-corrected chi connectivity index (χ1v) is 8.29. The second kappa shape index (κ2) is 5.95. The van der Waals surface area contributed by atoms with Crippen LogP contribution in [0.25, 0.3) is 6.08 Å². The van der Waals surface area contributed by atoms with Gasteiger partial charge in [-0.15, -0.1) is 0 Å². The molecule has 0 aliphatic rings. The molecule has 1 aromatic rings. The summed E-state index contributed by atoms with van der Waals surface area (Å²) in [7, 11) is -0.940. The van der Waals surface area contributed by atoms with E-state index in [2.05, 4.69) is 78.8 Å². The summed E-state index contributed by atoms with van der Waals surface area (Å²) in [6.45, 7) is 15.7. The fourth-order valence-corrected chi connectivity index (χ4v) is 5.50. The quantitative estimate of drug-likeness (QED) is 0.517. The normalized spacial score (nSPS) is 13.3. The van der Waals surface area contributed by atoms with E-state index in [1.165, 1.54) is 11.1 Å². The summed E-state index contributed by atoms with van der Waals surface area (Å²) in [5, 5.41) is 0.446. The molecule has 1 radical (unpaired) electrons. The molecule has 19 heavy (non-hydrogen) atoms. The Morgan fingerprint density at radius 1 is 0.895 bits per heavy atom. The fraction of sp³-hybridized carbons (Fsp3) is 0.529. The molecule has 0 fully saturated rings. The van der Waals surface area contributed by atoms with Crippen LogP contribution >= 0.6 is 0 Å². The van der Waals surface area contributed by atoms with Gasteiger partial charge in [-0.1, -0.05) is 71.4 Å². The highest BCUT2D eigenvalue weighted by atomic mass is 28.3. The van der Waals surface area contributed by atoms with E-state index in [-0.39, 0.29) is 10.1 Å². The van der Waals surface area contributed by atoms with Gasteiger partial charge in [0.2, 0.25) is 0 Å². The number of benzene rings is 1. The lowest BCUT2D eigenvalue weighted by Gasteiger charge is -2.36. The van der Waals surface area contributed by atoms with Gasteiger partial charge in [-0.2, -0.15) is 0 Å². The van der Waals surface area contributed by atoms with E-state index in [0.29, 0.717) is 0 Å². The lowest BCUT2D eigenvalue weighted by molar-refractivity contribution is 0.412. The Hall–Kier alpha value is -1.02. The summed E-state index contributed by atoms with van der Waals surface area (Å²) >= 11 is 0. The first-order chi connectivity index (χ1) is 8.60. The molecule has 0 aliphatic heterocycles.